The lowest BCUT2D eigenvalue weighted by atomic mass is 10.3. The maximum atomic E-state index is 5.78. The molecule has 21 heavy (non-hydrogen) atoms. The first-order chi connectivity index (χ1) is 10.2. The second kappa shape index (κ2) is 5.69. The monoisotopic (exact) mass is 303 g/mol. The number of thiophene rings is 1. The number of nitrogen functional groups attached to an aromatic ring is 1. The summed E-state index contributed by atoms with van der Waals surface area (Å²) in [4.78, 5) is 15.0. The van der Waals surface area contributed by atoms with E-state index in [-0.39, 0.29) is 5.95 Å². The summed E-state index contributed by atoms with van der Waals surface area (Å²) in [5.41, 5.74) is 5.78. The lowest BCUT2D eigenvalue weighted by molar-refractivity contribution is 0.465. The van der Waals surface area contributed by atoms with Gasteiger partial charge in [-0.25, -0.2) is 9.97 Å². The van der Waals surface area contributed by atoms with Crippen LogP contribution >= 0.6 is 11.3 Å². The quantitative estimate of drug-likeness (QED) is 0.753. The minimum absolute atomic E-state index is 0.274. The zero-order valence-corrected chi connectivity index (χ0v) is 12.8. The first-order valence-electron chi connectivity index (χ1n) is 6.93. The first kappa shape index (κ1) is 13.8. The van der Waals surface area contributed by atoms with E-state index in [0.29, 0.717) is 12.4 Å². The third-order valence-corrected chi connectivity index (χ3v) is 4.34. The zero-order valence-electron chi connectivity index (χ0n) is 12.0. The normalized spacial score (nSPS) is 11.1. The molecule has 0 amide bonds. The van der Waals surface area contributed by atoms with Crippen LogP contribution in [0, 0.1) is 0 Å². The molecule has 0 aliphatic heterocycles. The Kier molecular flexibility index (Phi) is 3.74. The summed E-state index contributed by atoms with van der Waals surface area (Å²) in [6.07, 6.45) is 3.56. The van der Waals surface area contributed by atoms with E-state index in [1.807, 2.05) is 6.92 Å². The van der Waals surface area contributed by atoms with E-state index >= 15 is 0 Å². The molecule has 3 rings (SSSR count). The summed E-state index contributed by atoms with van der Waals surface area (Å²) < 4.78 is 5.58. The molecule has 0 bridgehead atoms. The minimum Gasteiger partial charge on any atom is -0.444 e. The van der Waals surface area contributed by atoms with Gasteiger partial charge in [-0.15, -0.1) is 11.3 Å². The third kappa shape index (κ3) is 2.82. The van der Waals surface area contributed by atoms with Crippen molar-refractivity contribution < 1.29 is 4.42 Å². The van der Waals surface area contributed by atoms with Crippen molar-refractivity contribution in [1.82, 2.24) is 15.0 Å². The number of nitrogens with zero attached hydrogens (tertiary/aromatic N) is 3. The van der Waals surface area contributed by atoms with Gasteiger partial charge in [0, 0.05) is 11.3 Å². The lowest BCUT2D eigenvalue weighted by Crippen LogP contribution is -2.04. The van der Waals surface area contributed by atoms with E-state index < -0.39 is 0 Å². The van der Waals surface area contributed by atoms with Gasteiger partial charge >= 0.3 is 0 Å². The molecule has 0 saturated carbocycles. The van der Waals surface area contributed by atoms with Crippen LogP contribution in [0.25, 0.3) is 10.2 Å². The van der Waals surface area contributed by atoms with E-state index in [4.69, 9.17) is 10.2 Å². The molecule has 0 saturated heterocycles. The van der Waals surface area contributed by atoms with Crippen molar-refractivity contribution in [2.45, 2.75) is 33.2 Å². The fourth-order valence-corrected chi connectivity index (χ4v) is 3.02. The van der Waals surface area contributed by atoms with Crippen LogP contribution in [0.1, 0.15) is 30.4 Å². The van der Waals surface area contributed by atoms with E-state index in [9.17, 15) is 0 Å². The van der Waals surface area contributed by atoms with Crippen LogP contribution in [0.4, 0.5) is 11.8 Å². The average Bonchev–Trinajstić information content (AvgIpc) is 3.10. The Morgan fingerprint density at radius 1 is 1.29 bits per heavy atom. The Hall–Kier alpha value is -2.15. The van der Waals surface area contributed by atoms with Crippen molar-refractivity contribution in [3.8, 4) is 0 Å². The minimum atomic E-state index is 0.274. The molecule has 0 atom stereocenters. The molecular weight excluding hydrogens is 286 g/mol. The van der Waals surface area contributed by atoms with Crippen molar-refractivity contribution in [3.05, 3.63) is 28.8 Å². The Balaban J connectivity index is 1.86. The Bertz CT molecular complexity index is 764. The van der Waals surface area contributed by atoms with Gasteiger partial charge in [-0.05, 0) is 12.5 Å². The molecule has 0 radical (unpaired) electrons. The molecule has 7 heteroatoms. The van der Waals surface area contributed by atoms with Crippen molar-refractivity contribution in [3.63, 3.8) is 0 Å². The molecule has 0 aromatic carbocycles. The Morgan fingerprint density at radius 2 is 2.14 bits per heavy atom. The molecule has 0 aliphatic rings. The van der Waals surface area contributed by atoms with E-state index in [2.05, 4.69) is 33.3 Å². The summed E-state index contributed by atoms with van der Waals surface area (Å²) in [5, 5.41) is 4.23. The highest BCUT2D eigenvalue weighted by atomic mass is 32.1. The van der Waals surface area contributed by atoms with Crippen molar-refractivity contribution in [1.29, 1.82) is 0 Å². The van der Waals surface area contributed by atoms with Crippen LogP contribution < -0.4 is 11.1 Å². The Labute approximate surface area is 126 Å². The highest BCUT2D eigenvalue weighted by molar-refractivity contribution is 7.18. The number of anilines is 2. The molecule has 3 N–H and O–H groups in total. The first-order valence-corrected chi connectivity index (χ1v) is 7.74. The van der Waals surface area contributed by atoms with Gasteiger partial charge in [0.1, 0.15) is 16.4 Å². The van der Waals surface area contributed by atoms with Crippen LogP contribution in [0.3, 0.4) is 0 Å². The molecule has 6 nitrogen and oxygen atoms in total. The summed E-state index contributed by atoms with van der Waals surface area (Å²) >= 11 is 1.64. The van der Waals surface area contributed by atoms with Crippen LogP contribution in [0.15, 0.2) is 16.7 Å². The summed E-state index contributed by atoms with van der Waals surface area (Å²) in [6, 6.07) is 2.11. The van der Waals surface area contributed by atoms with Crippen LogP contribution in [-0.2, 0) is 19.4 Å². The maximum Gasteiger partial charge on any atom is 0.223 e. The molecule has 110 valence electrons. The van der Waals surface area contributed by atoms with Crippen LogP contribution in [0.2, 0.25) is 0 Å². The number of nitrogens with one attached hydrogen (secondary N) is 1. The van der Waals surface area contributed by atoms with E-state index in [1.54, 1.807) is 17.5 Å². The van der Waals surface area contributed by atoms with Gasteiger partial charge < -0.3 is 15.5 Å². The fraction of sp³-hybridized carbons (Fsp3) is 0.357. The number of nitrogens with two attached hydrogens (primary N) is 1. The van der Waals surface area contributed by atoms with Crippen molar-refractivity contribution >= 4 is 33.3 Å². The van der Waals surface area contributed by atoms with Crippen molar-refractivity contribution in [2.24, 2.45) is 0 Å². The largest absolute Gasteiger partial charge is 0.444 e. The van der Waals surface area contributed by atoms with Crippen LogP contribution in [0.5, 0.6) is 0 Å². The number of hydrogen-bond donors (Lipinski definition) is 2. The van der Waals surface area contributed by atoms with Gasteiger partial charge in [-0.1, -0.05) is 13.8 Å². The predicted molar refractivity (Wildman–Crippen MR) is 84.4 cm³/mol. The molecule has 3 heterocycles. The second-order valence-corrected chi connectivity index (χ2v) is 5.76. The van der Waals surface area contributed by atoms with E-state index in [1.165, 1.54) is 4.88 Å². The molecule has 0 spiro atoms. The van der Waals surface area contributed by atoms with Crippen LogP contribution in [-0.4, -0.2) is 15.0 Å². The van der Waals surface area contributed by atoms with Crippen molar-refractivity contribution in [2.75, 3.05) is 11.1 Å². The van der Waals surface area contributed by atoms with E-state index in [0.717, 1.165) is 34.6 Å². The van der Waals surface area contributed by atoms with Gasteiger partial charge in [-0.2, -0.15) is 4.98 Å². The summed E-state index contributed by atoms with van der Waals surface area (Å²) in [6.45, 7) is 4.63. The third-order valence-electron chi connectivity index (χ3n) is 3.17. The number of oxazole rings is 1. The molecule has 0 fully saturated rings. The van der Waals surface area contributed by atoms with Gasteiger partial charge in [0.05, 0.1) is 18.1 Å². The SMILES string of the molecule is CCc1cnc(CNc2nc(N)nc3sc(CC)cc23)o1. The van der Waals surface area contributed by atoms with Gasteiger partial charge in [0.2, 0.25) is 11.8 Å². The average molecular weight is 303 g/mol. The highest BCUT2D eigenvalue weighted by Gasteiger charge is 2.11. The van der Waals surface area contributed by atoms with Gasteiger partial charge in [0.15, 0.2) is 0 Å². The number of aromatic nitrogens is 3. The number of fused-ring (bicyclic) bond motifs is 1. The number of hydrogen-bond acceptors (Lipinski definition) is 7. The predicted octanol–water partition coefficient (Wildman–Crippen LogP) is 3.00. The molecule has 0 unspecified atom stereocenters. The molecule has 0 aliphatic carbocycles. The number of rotatable bonds is 5. The topological polar surface area (TPSA) is 89.9 Å². The standard InChI is InChI=1S/C14H17N5OS/c1-3-8-6-16-11(20-8)7-17-12-10-5-9(4-2)21-13(10)19-14(15)18-12/h5-6H,3-4,7H2,1-2H3,(H3,15,17,18,19). The summed E-state index contributed by atoms with van der Waals surface area (Å²) in [5.74, 6) is 2.52. The smallest absolute Gasteiger partial charge is 0.223 e. The maximum absolute atomic E-state index is 5.78. The fourth-order valence-electron chi connectivity index (χ4n) is 2.05. The second-order valence-electron chi connectivity index (χ2n) is 4.64. The van der Waals surface area contributed by atoms with Gasteiger partial charge in [0.25, 0.3) is 0 Å². The Morgan fingerprint density at radius 3 is 2.86 bits per heavy atom. The molecule has 3 aromatic rings. The molecule has 3 aromatic heterocycles. The molecular formula is C14H17N5OS. The zero-order chi connectivity index (χ0) is 14.8. The number of aryl methyl sites for hydroxylation is 2. The lowest BCUT2D eigenvalue weighted by Gasteiger charge is -2.05. The summed E-state index contributed by atoms with van der Waals surface area (Å²) in [7, 11) is 0. The highest BCUT2D eigenvalue weighted by Crippen LogP contribution is 2.30. The van der Waals surface area contributed by atoms with Gasteiger partial charge in [-0.3, -0.25) is 0 Å².